The number of benzene rings is 1. The third-order valence-electron chi connectivity index (χ3n) is 3.54. The number of ether oxygens (including phenoxy) is 1. The Balaban J connectivity index is 0.00000784. The molecule has 0 spiro atoms. The lowest BCUT2D eigenvalue weighted by Gasteiger charge is -2.27. The van der Waals surface area contributed by atoms with Gasteiger partial charge in [-0.2, -0.15) is 0 Å². The Bertz CT molecular complexity index is 678. The molecule has 4 N–H and O–H groups in total. The van der Waals surface area contributed by atoms with E-state index in [-0.39, 0.29) is 42.6 Å². The average molecular weight is 524 g/mol. The van der Waals surface area contributed by atoms with E-state index in [1.165, 1.54) is 6.07 Å². The quantitative estimate of drug-likeness (QED) is 0.250. The van der Waals surface area contributed by atoms with E-state index in [4.69, 9.17) is 4.74 Å². The molecule has 9 heteroatoms. The van der Waals surface area contributed by atoms with Crippen LogP contribution in [-0.2, 0) is 4.74 Å². The van der Waals surface area contributed by atoms with Gasteiger partial charge in [-0.05, 0) is 47.6 Å². The predicted octanol–water partition coefficient (Wildman–Crippen LogP) is 3.34. The van der Waals surface area contributed by atoms with Crippen LogP contribution in [-0.4, -0.2) is 47.9 Å². The van der Waals surface area contributed by atoms with Crippen molar-refractivity contribution in [2.75, 3.05) is 19.6 Å². The lowest BCUT2D eigenvalue weighted by Crippen LogP contribution is -2.49. The van der Waals surface area contributed by atoms with Crippen LogP contribution in [0, 0.1) is 5.82 Å². The standard InChI is InChI=1S/C20H33FN4O3.HI/c1-7-22-17(23-12-16(26)14-10-8-9-11-15(14)21)24-13-20(5,6)25-18(27)28-19(2,3)4;/h8-11,16,26H,7,12-13H2,1-6H3,(H,25,27)(H2,22,23,24);1H. The van der Waals surface area contributed by atoms with Gasteiger partial charge >= 0.3 is 6.09 Å². The first kappa shape index (κ1) is 27.4. The lowest BCUT2D eigenvalue weighted by molar-refractivity contribution is 0.0476. The van der Waals surface area contributed by atoms with Crippen molar-refractivity contribution in [3.05, 3.63) is 35.6 Å². The topological polar surface area (TPSA) is 95.0 Å². The van der Waals surface area contributed by atoms with Gasteiger partial charge in [-0.3, -0.25) is 4.99 Å². The minimum atomic E-state index is -1.02. The zero-order valence-electron chi connectivity index (χ0n) is 18.0. The Hall–Kier alpha value is -1.62. The maximum absolute atomic E-state index is 13.8. The lowest BCUT2D eigenvalue weighted by atomic mass is 10.1. The Morgan fingerprint density at radius 1 is 1.21 bits per heavy atom. The van der Waals surface area contributed by atoms with Crippen LogP contribution in [0.1, 0.15) is 53.2 Å². The van der Waals surface area contributed by atoms with Gasteiger partial charge in [0.2, 0.25) is 0 Å². The third kappa shape index (κ3) is 11.2. The number of halogens is 2. The largest absolute Gasteiger partial charge is 0.444 e. The van der Waals surface area contributed by atoms with Gasteiger partial charge in [-0.1, -0.05) is 18.2 Å². The molecule has 29 heavy (non-hydrogen) atoms. The molecule has 0 aromatic heterocycles. The number of hydrogen-bond donors (Lipinski definition) is 4. The maximum atomic E-state index is 13.8. The molecule has 1 rings (SSSR count). The van der Waals surface area contributed by atoms with Crippen LogP contribution in [0.2, 0.25) is 0 Å². The SMILES string of the molecule is CCNC(=NCC(C)(C)NC(=O)OC(C)(C)C)NCC(O)c1ccccc1F.I. The second-order valence-corrected chi connectivity index (χ2v) is 8.12. The molecule has 0 bridgehead atoms. The summed E-state index contributed by atoms with van der Waals surface area (Å²) in [6.45, 7) is 11.9. The smallest absolute Gasteiger partial charge is 0.408 e. The second kappa shape index (κ2) is 12.2. The minimum absolute atomic E-state index is 0. The van der Waals surface area contributed by atoms with Gasteiger partial charge in [-0.25, -0.2) is 9.18 Å². The molecule has 0 aliphatic rings. The molecular formula is C20H34FIN4O3. The molecule has 0 heterocycles. The molecular weight excluding hydrogens is 490 g/mol. The van der Waals surface area contributed by atoms with Gasteiger partial charge in [0.1, 0.15) is 11.4 Å². The summed E-state index contributed by atoms with van der Waals surface area (Å²) < 4.78 is 19.0. The van der Waals surface area contributed by atoms with Crippen LogP contribution < -0.4 is 16.0 Å². The monoisotopic (exact) mass is 524 g/mol. The van der Waals surface area contributed by atoms with Crippen molar-refractivity contribution in [3.8, 4) is 0 Å². The van der Waals surface area contributed by atoms with Gasteiger partial charge in [0.25, 0.3) is 0 Å². The summed E-state index contributed by atoms with van der Waals surface area (Å²) in [5, 5.41) is 19.0. The second-order valence-electron chi connectivity index (χ2n) is 8.12. The Kier molecular flexibility index (Phi) is 11.5. The molecule has 0 fully saturated rings. The van der Waals surface area contributed by atoms with Crippen LogP contribution in [0.4, 0.5) is 9.18 Å². The highest BCUT2D eigenvalue weighted by molar-refractivity contribution is 14.0. The van der Waals surface area contributed by atoms with Crippen molar-refractivity contribution in [1.82, 2.24) is 16.0 Å². The number of rotatable bonds is 7. The van der Waals surface area contributed by atoms with E-state index >= 15 is 0 Å². The first-order chi connectivity index (χ1) is 12.9. The van der Waals surface area contributed by atoms with Gasteiger partial charge in [0, 0.05) is 18.7 Å². The fourth-order valence-corrected chi connectivity index (χ4v) is 2.29. The number of nitrogens with one attached hydrogen (secondary N) is 3. The number of guanidine groups is 1. The molecule has 0 aliphatic heterocycles. The summed E-state index contributed by atoms with van der Waals surface area (Å²) in [5.41, 5.74) is -1.00. The molecule has 1 unspecified atom stereocenters. The van der Waals surface area contributed by atoms with Crippen molar-refractivity contribution >= 4 is 36.0 Å². The summed E-state index contributed by atoms with van der Waals surface area (Å²) in [6, 6.07) is 6.10. The number of carbonyl (C=O) groups excluding carboxylic acids is 1. The van der Waals surface area contributed by atoms with Crippen molar-refractivity contribution in [2.24, 2.45) is 4.99 Å². The number of aliphatic hydroxyl groups is 1. The molecule has 0 saturated heterocycles. The molecule has 0 aliphatic carbocycles. The molecule has 1 amide bonds. The van der Waals surface area contributed by atoms with Crippen LogP contribution >= 0.6 is 24.0 Å². The highest BCUT2D eigenvalue weighted by atomic mass is 127. The molecule has 0 saturated carbocycles. The van der Waals surface area contributed by atoms with Crippen LogP contribution in [0.5, 0.6) is 0 Å². The van der Waals surface area contributed by atoms with Crippen molar-refractivity contribution in [2.45, 2.75) is 58.8 Å². The third-order valence-corrected chi connectivity index (χ3v) is 3.54. The van der Waals surface area contributed by atoms with E-state index in [2.05, 4.69) is 20.9 Å². The zero-order chi connectivity index (χ0) is 21.4. The van der Waals surface area contributed by atoms with E-state index < -0.39 is 29.2 Å². The fourth-order valence-electron chi connectivity index (χ4n) is 2.29. The number of hydrogen-bond acceptors (Lipinski definition) is 4. The van der Waals surface area contributed by atoms with Gasteiger partial charge in [-0.15, -0.1) is 24.0 Å². The maximum Gasteiger partial charge on any atom is 0.408 e. The van der Waals surface area contributed by atoms with E-state index in [9.17, 15) is 14.3 Å². The van der Waals surface area contributed by atoms with Gasteiger partial charge in [0.05, 0.1) is 18.2 Å². The first-order valence-electron chi connectivity index (χ1n) is 9.39. The molecule has 1 aromatic carbocycles. The summed E-state index contributed by atoms with van der Waals surface area (Å²) in [5.74, 6) is -0.00149. The number of aliphatic hydroxyl groups excluding tert-OH is 1. The summed E-state index contributed by atoms with van der Waals surface area (Å²) in [4.78, 5) is 16.4. The van der Waals surface area contributed by atoms with Crippen LogP contribution in [0.15, 0.2) is 29.3 Å². The molecule has 1 aromatic rings. The highest BCUT2D eigenvalue weighted by Crippen LogP contribution is 2.15. The number of nitrogens with zero attached hydrogens (tertiary/aromatic N) is 1. The highest BCUT2D eigenvalue weighted by Gasteiger charge is 2.24. The van der Waals surface area contributed by atoms with Gasteiger partial charge < -0.3 is 25.8 Å². The molecule has 1 atom stereocenters. The number of aliphatic imine (C=N–C) groups is 1. The van der Waals surface area contributed by atoms with Gasteiger partial charge in [0.15, 0.2) is 5.96 Å². The zero-order valence-corrected chi connectivity index (χ0v) is 20.3. The van der Waals surface area contributed by atoms with Crippen molar-refractivity contribution < 1.29 is 19.0 Å². The molecule has 7 nitrogen and oxygen atoms in total. The minimum Gasteiger partial charge on any atom is -0.444 e. The normalized spacial score (nSPS) is 13.2. The summed E-state index contributed by atoms with van der Waals surface area (Å²) in [6.07, 6.45) is -1.53. The van der Waals surface area contributed by atoms with E-state index in [1.807, 2.05) is 20.8 Å². The molecule has 0 radical (unpaired) electrons. The first-order valence-corrected chi connectivity index (χ1v) is 9.39. The Morgan fingerprint density at radius 2 is 1.83 bits per heavy atom. The van der Waals surface area contributed by atoms with Crippen LogP contribution in [0.3, 0.4) is 0 Å². The average Bonchev–Trinajstić information content (AvgIpc) is 2.55. The number of carbonyl (C=O) groups is 1. The Morgan fingerprint density at radius 3 is 2.38 bits per heavy atom. The van der Waals surface area contributed by atoms with Crippen molar-refractivity contribution in [3.63, 3.8) is 0 Å². The van der Waals surface area contributed by atoms with Crippen LogP contribution in [0.25, 0.3) is 0 Å². The van der Waals surface area contributed by atoms with Crippen molar-refractivity contribution in [1.29, 1.82) is 0 Å². The Labute approximate surface area is 189 Å². The van der Waals surface area contributed by atoms with E-state index in [0.717, 1.165) is 0 Å². The predicted molar refractivity (Wildman–Crippen MR) is 124 cm³/mol. The van der Waals surface area contributed by atoms with E-state index in [1.54, 1.807) is 39.0 Å². The van der Waals surface area contributed by atoms with E-state index in [0.29, 0.717) is 12.5 Å². The number of amides is 1. The summed E-state index contributed by atoms with van der Waals surface area (Å²) in [7, 11) is 0. The number of alkyl carbamates (subject to hydrolysis) is 1. The summed E-state index contributed by atoms with van der Waals surface area (Å²) >= 11 is 0. The molecule has 166 valence electrons. The fraction of sp³-hybridized carbons (Fsp3) is 0.600.